The van der Waals surface area contributed by atoms with E-state index in [1.807, 2.05) is 55.5 Å². The molecule has 0 saturated carbocycles. The number of nitro groups is 1. The van der Waals surface area contributed by atoms with Crippen LogP contribution in [0.3, 0.4) is 0 Å². The van der Waals surface area contributed by atoms with Crippen LogP contribution in [0.15, 0.2) is 78.9 Å². The Morgan fingerprint density at radius 3 is 2.47 bits per heavy atom. The van der Waals surface area contributed by atoms with Gasteiger partial charge in [-0.15, -0.1) is 0 Å². The minimum absolute atomic E-state index is 0.0785. The Bertz CT molecular complexity index is 1250. The topological polar surface area (TPSA) is 82.3 Å². The molecule has 0 saturated heterocycles. The predicted octanol–water partition coefficient (Wildman–Crippen LogP) is 5.48. The Kier molecular flexibility index (Phi) is 5.22. The van der Waals surface area contributed by atoms with E-state index in [0.29, 0.717) is 27.7 Å². The molecule has 148 valence electrons. The van der Waals surface area contributed by atoms with E-state index in [0.717, 1.165) is 11.1 Å². The third kappa shape index (κ3) is 3.89. The fourth-order valence-corrected chi connectivity index (χ4v) is 3.25. The molecule has 4 rings (SSSR count). The van der Waals surface area contributed by atoms with Crippen molar-refractivity contribution in [3.63, 3.8) is 0 Å². The number of aryl methyl sites for hydroxylation is 1. The van der Waals surface area contributed by atoms with Gasteiger partial charge in [-0.3, -0.25) is 10.1 Å². The van der Waals surface area contributed by atoms with Crippen molar-refractivity contribution in [3.8, 4) is 11.3 Å². The van der Waals surface area contributed by atoms with E-state index < -0.39 is 10.9 Å². The number of nitro benzene ring substituents is 1. The molecule has 0 aliphatic rings. The van der Waals surface area contributed by atoms with Crippen molar-refractivity contribution in [3.05, 3.63) is 106 Å². The number of para-hydroxylation sites is 2. The van der Waals surface area contributed by atoms with Gasteiger partial charge in [0.2, 0.25) is 0 Å². The summed E-state index contributed by atoms with van der Waals surface area (Å²) in [5.74, 6) is -0.555. The van der Waals surface area contributed by atoms with Gasteiger partial charge < -0.3 is 4.74 Å². The molecule has 0 amide bonds. The van der Waals surface area contributed by atoms with Crippen LogP contribution in [-0.4, -0.2) is 15.9 Å². The third-order valence-electron chi connectivity index (χ3n) is 4.83. The van der Waals surface area contributed by atoms with Crippen LogP contribution < -0.4 is 0 Å². The lowest BCUT2D eigenvalue weighted by Crippen LogP contribution is -2.08. The summed E-state index contributed by atoms with van der Waals surface area (Å²) < 4.78 is 5.45. The molecule has 0 unspecified atom stereocenters. The number of rotatable bonds is 5. The number of hydrogen-bond acceptors (Lipinski definition) is 5. The van der Waals surface area contributed by atoms with Gasteiger partial charge in [0, 0.05) is 17.0 Å². The van der Waals surface area contributed by atoms with Crippen molar-refractivity contribution >= 4 is 22.6 Å². The van der Waals surface area contributed by atoms with Crippen molar-refractivity contribution in [1.29, 1.82) is 0 Å². The minimum Gasteiger partial charge on any atom is -0.457 e. The highest BCUT2D eigenvalue weighted by Crippen LogP contribution is 2.26. The Hall–Kier alpha value is -4.06. The van der Waals surface area contributed by atoms with Crippen molar-refractivity contribution < 1.29 is 14.5 Å². The number of benzene rings is 3. The largest absolute Gasteiger partial charge is 0.457 e. The second kappa shape index (κ2) is 8.13. The lowest BCUT2D eigenvalue weighted by molar-refractivity contribution is -0.385. The fraction of sp³-hybridized carbons (Fsp3) is 0.0833. The van der Waals surface area contributed by atoms with Crippen LogP contribution in [0.5, 0.6) is 0 Å². The highest BCUT2D eigenvalue weighted by molar-refractivity contribution is 6.04. The van der Waals surface area contributed by atoms with E-state index in [-0.39, 0.29) is 12.3 Å². The normalized spacial score (nSPS) is 10.7. The Morgan fingerprint density at radius 2 is 1.70 bits per heavy atom. The fourth-order valence-electron chi connectivity index (χ4n) is 3.25. The Morgan fingerprint density at radius 1 is 1.00 bits per heavy atom. The molecule has 0 radical (unpaired) electrons. The number of carbonyl (C=O) groups is 1. The maximum absolute atomic E-state index is 12.9. The number of carbonyl (C=O) groups excluding carboxylic acids is 1. The number of ether oxygens (including phenoxy) is 1. The van der Waals surface area contributed by atoms with Crippen LogP contribution in [0.2, 0.25) is 0 Å². The average Bonchev–Trinajstić information content (AvgIpc) is 2.77. The number of aromatic nitrogens is 1. The molecular weight excluding hydrogens is 380 g/mol. The van der Waals surface area contributed by atoms with Gasteiger partial charge in [0.15, 0.2) is 0 Å². The molecule has 1 heterocycles. The van der Waals surface area contributed by atoms with E-state index in [1.54, 1.807) is 24.3 Å². The molecular formula is C24H18N2O4. The SMILES string of the molecule is Cc1ccc(-c2cc(C(=O)OCc3ccccc3[N+](=O)[O-])c3ccccc3n2)cc1. The third-order valence-corrected chi connectivity index (χ3v) is 4.83. The first-order valence-corrected chi connectivity index (χ1v) is 9.39. The second-order valence-electron chi connectivity index (χ2n) is 6.90. The lowest BCUT2D eigenvalue weighted by Gasteiger charge is -2.10. The molecule has 0 atom stereocenters. The molecule has 1 aromatic heterocycles. The summed E-state index contributed by atoms with van der Waals surface area (Å²) in [7, 11) is 0. The van der Waals surface area contributed by atoms with Gasteiger partial charge in [-0.1, -0.05) is 60.2 Å². The maximum Gasteiger partial charge on any atom is 0.339 e. The summed E-state index contributed by atoms with van der Waals surface area (Å²) >= 11 is 0. The van der Waals surface area contributed by atoms with Crippen molar-refractivity contribution in [2.45, 2.75) is 13.5 Å². The summed E-state index contributed by atoms with van der Waals surface area (Å²) in [5, 5.41) is 11.9. The number of hydrogen-bond donors (Lipinski definition) is 0. The van der Waals surface area contributed by atoms with Gasteiger partial charge in [-0.05, 0) is 25.1 Å². The monoisotopic (exact) mass is 398 g/mol. The minimum atomic E-state index is -0.555. The number of fused-ring (bicyclic) bond motifs is 1. The number of nitrogens with zero attached hydrogens (tertiary/aromatic N) is 2. The first kappa shape index (κ1) is 19.3. The molecule has 6 heteroatoms. The molecule has 0 aliphatic carbocycles. The van der Waals surface area contributed by atoms with Gasteiger partial charge in [0.05, 0.1) is 27.3 Å². The van der Waals surface area contributed by atoms with Crippen LogP contribution in [0.4, 0.5) is 5.69 Å². The molecule has 0 fully saturated rings. The molecule has 4 aromatic rings. The molecule has 0 N–H and O–H groups in total. The average molecular weight is 398 g/mol. The summed E-state index contributed by atoms with van der Waals surface area (Å²) in [6.45, 7) is 1.82. The van der Waals surface area contributed by atoms with Crippen LogP contribution in [0.1, 0.15) is 21.5 Å². The number of esters is 1. The molecule has 0 bridgehead atoms. The van der Waals surface area contributed by atoms with E-state index >= 15 is 0 Å². The summed E-state index contributed by atoms with van der Waals surface area (Å²) in [6.07, 6.45) is 0. The van der Waals surface area contributed by atoms with Crippen molar-refractivity contribution in [2.24, 2.45) is 0 Å². The van der Waals surface area contributed by atoms with Crippen LogP contribution in [-0.2, 0) is 11.3 Å². The van der Waals surface area contributed by atoms with E-state index in [4.69, 9.17) is 4.74 Å². The van der Waals surface area contributed by atoms with Crippen LogP contribution in [0, 0.1) is 17.0 Å². The smallest absolute Gasteiger partial charge is 0.339 e. The van der Waals surface area contributed by atoms with E-state index in [9.17, 15) is 14.9 Å². The van der Waals surface area contributed by atoms with Gasteiger partial charge in [0.1, 0.15) is 6.61 Å². The quantitative estimate of drug-likeness (QED) is 0.253. The van der Waals surface area contributed by atoms with Crippen molar-refractivity contribution in [1.82, 2.24) is 4.98 Å². The molecule has 0 spiro atoms. The van der Waals surface area contributed by atoms with E-state index in [2.05, 4.69) is 4.98 Å². The second-order valence-corrected chi connectivity index (χ2v) is 6.90. The van der Waals surface area contributed by atoms with Gasteiger partial charge >= 0.3 is 5.97 Å². The Labute approximate surface area is 172 Å². The standard InChI is InChI=1S/C24H18N2O4/c1-16-10-12-17(13-11-16)22-14-20(19-7-3-4-8-21(19)25-22)24(27)30-15-18-6-2-5-9-23(18)26(28)29/h2-14H,15H2,1H3. The summed E-state index contributed by atoms with van der Waals surface area (Å²) in [4.78, 5) is 28.3. The lowest BCUT2D eigenvalue weighted by atomic mass is 10.0. The maximum atomic E-state index is 12.9. The van der Waals surface area contributed by atoms with Crippen LogP contribution in [0.25, 0.3) is 22.2 Å². The molecule has 3 aromatic carbocycles. The molecule has 6 nitrogen and oxygen atoms in total. The highest BCUT2D eigenvalue weighted by atomic mass is 16.6. The molecule has 30 heavy (non-hydrogen) atoms. The number of pyridine rings is 1. The summed E-state index contributed by atoms with van der Waals surface area (Å²) in [5.41, 5.74) is 3.98. The first-order valence-electron chi connectivity index (χ1n) is 9.39. The zero-order valence-electron chi connectivity index (χ0n) is 16.2. The van der Waals surface area contributed by atoms with Gasteiger partial charge in [-0.2, -0.15) is 0 Å². The van der Waals surface area contributed by atoms with E-state index in [1.165, 1.54) is 6.07 Å². The van der Waals surface area contributed by atoms with Crippen LogP contribution >= 0.6 is 0 Å². The predicted molar refractivity (Wildman–Crippen MR) is 114 cm³/mol. The van der Waals surface area contributed by atoms with Gasteiger partial charge in [-0.25, -0.2) is 9.78 Å². The Balaban J connectivity index is 1.70. The summed E-state index contributed by atoms with van der Waals surface area (Å²) in [6, 6.07) is 23.1. The van der Waals surface area contributed by atoms with Gasteiger partial charge in [0.25, 0.3) is 5.69 Å². The zero-order valence-corrected chi connectivity index (χ0v) is 16.2. The highest BCUT2D eigenvalue weighted by Gasteiger charge is 2.18. The molecule has 0 aliphatic heterocycles. The zero-order chi connectivity index (χ0) is 21.1. The first-order chi connectivity index (χ1) is 14.5. The van der Waals surface area contributed by atoms with Crippen molar-refractivity contribution in [2.75, 3.05) is 0 Å².